The molecule has 1 amide bonds. The summed E-state index contributed by atoms with van der Waals surface area (Å²) in [5, 5.41) is 3.29. The van der Waals surface area contributed by atoms with Gasteiger partial charge in [-0.3, -0.25) is 4.79 Å². The van der Waals surface area contributed by atoms with Crippen molar-refractivity contribution >= 4 is 5.91 Å². The molecule has 0 radical (unpaired) electrons. The lowest BCUT2D eigenvalue weighted by molar-refractivity contribution is -0.130. The third-order valence-electron chi connectivity index (χ3n) is 3.66. The third-order valence-corrected chi connectivity index (χ3v) is 3.66. The monoisotopic (exact) mass is 240 g/mol. The first kappa shape index (κ1) is 14.5. The molecule has 0 spiro atoms. The summed E-state index contributed by atoms with van der Waals surface area (Å²) in [7, 11) is 0. The fourth-order valence-corrected chi connectivity index (χ4v) is 2.32. The van der Waals surface area contributed by atoms with Gasteiger partial charge in [0.2, 0.25) is 5.91 Å². The van der Waals surface area contributed by atoms with E-state index in [1.54, 1.807) is 0 Å². The highest BCUT2D eigenvalue weighted by Gasteiger charge is 2.33. The van der Waals surface area contributed by atoms with Crippen molar-refractivity contribution in [2.75, 3.05) is 19.6 Å². The zero-order chi connectivity index (χ0) is 13.1. The van der Waals surface area contributed by atoms with E-state index < -0.39 is 0 Å². The Balaban J connectivity index is 2.31. The average Bonchev–Trinajstić information content (AvgIpc) is 2.64. The maximum Gasteiger partial charge on any atom is 0.223 e. The zero-order valence-corrected chi connectivity index (χ0v) is 12.0. The Kier molecular flexibility index (Phi) is 4.99. The van der Waals surface area contributed by atoms with E-state index in [0.717, 1.165) is 26.1 Å². The number of nitrogens with one attached hydrogen (secondary N) is 1. The summed E-state index contributed by atoms with van der Waals surface area (Å²) in [6.07, 6.45) is 1.79. The largest absolute Gasteiger partial charge is 0.342 e. The molecule has 1 fully saturated rings. The molecule has 1 atom stereocenters. The van der Waals surface area contributed by atoms with Crippen molar-refractivity contribution in [3.8, 4) is 0 Å². The fourth-order valence-electron chi connectivity index (χ4n) is 2.32. The van der Waals surface area contributed by atoms with Crippen LogP contribution in [0.3, 0.4) is 0 Å². The van der Waals surface area contributed by atoms with Gasteiger partial charge in [-0.05, 0) is 17.8 Å². The molecular weight excluding hydrogens is 212 g/mol. The molecule has 0 saturated carbocycles. The number of amides is 1. The van der Waals surface area contributed by atoms with E-state index in [1.165, 1.54) is 0 Å². The van der Waals surface area contributed by atoms with Crippen LogP contribution in [0.25, 0.3) is 0 Å². The normalized spacial score (nSPS) is 21.3. The number of likely N-dealkylation sites (tertiary alicyclic amines) is 1. The Morgan fingerprint density at radius 2 is 2.06 bits per heavy atom. The van der Waals surface area contributed by atoms with Crippen LogP contribution in [-0.4, -0.2) is 36.5 Å². The van der Waals surface area contributed by atoms with Gasteiger partial charge >= 0.3 is 0 Å². The van der Waals surface area contributed by atoms with Crippen molar-refractivity contribution in [2.45, 2.75) is 53.5 Å². The molecule has 0 aromatic heterocycles. The summed E-state index contributed by atoms with van der Waals surface area (Å²) >= 11 is 0. The van der Waals surface area contributed by atoms with Crippen molar-refractivity contribution in [2.24, 2.45) is 11.3 Å². The molecule has 0 aromatic rings. The van der Waals surface area contributed by atoms with E-state index in [9.17, 15) is 4.79 Å². The van der Waals surface area contributed by atoms with Gasteiger partial charge in [-0.25, -0.2) is 0 Å². The molecule has 1 saturated heterocycles. The number of carbonyl (C=O) groups excluding carboxylic acids is 1. The Morgan fingerprint density at radius 1 is 1.41 bits per heavy atom. The number of hydrogen-bond acceptors (Lipinski definition) is 2. The van der Waals surface area contributed by atoms with Crippen LogP contribution in [0, 0.1) is 11.3 Å². The molecule has 0 aliphatic carbocycles. The third kappa shape index (κ3) is 4.66. The van der Waals surface area contributed by atoms with Crippen LogP contribution in [0.1, 0.15) is 47.5 Å². The molecule has 3 nitrogen and oxygen atoms in total. The Labute approximate surface area is 106 Å². The van der Waals surface area contributed by atoms with E-state index in [4.69, 9.17) is 0 Å². The van der Waals surface area contributed by atoms with E-state index in [0.29, 0.717) is 29.7 Å². The minimum Gasteiger partial charge on any atom is -0.342 e. The maximum absolute atomic E-state index is 12.0. The van der Waals surface area contributed by atoms with E-state index in [1.807, 2.05) is 4.90 Å². The van der Waals surface area contributed by atoms with Crippen molar-refractivity contribution in [3.63, 3.8) is 0 Å². The SMILES string of the molecule is CC(C)NCCC(=O)N1CCC(C(C)(C)C)C1. The molecule has 1 rings (SSSR count). The summed E-state index contributed by atoms with van der Waals surface area (Å²) in [5.74, 6) is 0.967. The second-order valence-corrected chi connectivity index (χ2v) is 6.55. The van der Waals surface area contributed by atoms with Crippen LogP contribution in [-0.2, 0) is 4.79 Å². The second-order valence-electron chi connectivity index (χ2n) is 6.55. The van der Waals surface area contributed by atoms with Gasteiger partial charge in [0.15, 0.2) is 0 Å². The summed E-state index contributed by atoms with van der Waals surface area (Å²) in [5.41, 5.74) is 0.325. The van der Waals surface area contributed by atoms with E-state index in [2.05, 4.69) is 39.9 Å². The summed E-state index contributed by atoms with van der Waals surface area (Å²) in [4.78, 5) is 14.0. The van der Waals surface area contributed by atoms with Crippen molar-refractivity contribution < 1.29 is 4.79 Å². The molecule has 3 heteroatoms. The second kappa shape index (κ2) is 5.85. The minimum atomic E-state index is 0.310. The van der Waals surface area contributed by atoms with Gasteiger partial charge in [0.1, 0.15) is 0 Å². The lowest BCUT2D eigenvalue weighted by Gasteiger charge is -2.27. The molecular formula is C14H28N2O. The number of hydrogen-bond donors (Lipinski definition) is 1. The lowest BCUT2D eigenvalue weighted by Crippen LogP contribution is -2.34. The predicted molar refractivity (Wildman–Crippen MR) is 71.9 cm³/mol. The van der Waals surface area contributed by atoms with Crippen LogP contribution in [0.15, 0.2) is 0 Å². The number of carbonyl (C=O) groups is 1. The van der Waals surface area contributed by atoms with Crippen LogP contribution < -0.4 is 5.32 Å². The summed E-state index contributed by atoms with van der Waals surface area (Å²) in [6.45, 7) is 13.7. The van der Waals surface area contributed by atoms with Gasteiger partial charge in [-0.2, -0.15) is 0 Å². The lowest BCUT2D eigenvalue weighted by atomic mass is 9.80. The van der Waals surface area contributed by atoms with Crippen LogP contribution in [0.4, 0.5) is 0 Å². The predicted octanol–water partition coefficient (Wildman–Crippen LogP) is 2.27. The minimum absolute atomic E-state index is 0.310. The standard InChI is InChI=1S/C14H28N2O/c1-11(2)15-8-6-13(17)16-9-7-12(10-16)14(3,4)5/h11-12,15H,6-10H2,1-5H3. The number of nitrogens with zero attached hydrogens (tertiary/aromatic N) is 1. The van der Waals surface area contributed by atoms with E-state index >= 15 is 0 Å². The Bertz CT molecular complexity index is 255. The van der Waals surface area contributed by atoms with Gasteiger partial charge in [0.05, 0.1) is 0 Å². The number of rotatable bonds is 4. The summed E-state index contributed by atoms with van der Waals surface area (Å²) < 4.78 is 0. The molecule has 0 aromatic carbocycles. The average molecular weight is 240 g/mol. The van der Waals surface area contributed by atoms with E-state index in [-0.39, 0.29) is 0 Å². The van der Waals surface area contributed by atoms with Crippen LogP contribution in [0.2, 0.25) is 0 Å². The molecule has 1 aliphatic rings. The Morgan fingerprint density at radius 3 is 2.53 bits per heavy atom. The molecule has 17 heavy (non-hydrogen) atoms. The zero-order valence-electron chi connectivity index (χ0n) is 12.0. The van der Waals surface area contributed by atoms with Crippen LogP contribution >= 0.6 is 0 Å². The highest BCUT2D eigenvalue weighted by atomic mass is 16.2. The topological polar surface area (TPSA) is 32.3 Å². The maximum atomic E-state index is 12.0. The summed E-state index contributed by atoms with van der Waals surface area (Å²) in [6, 6.07) is 0.462. The first-order valence-electron chi connectivity index (χ1n) is 6.82. The van der Waals surface area contributed by atoms with Crippen molar-refractivity contribution in [3.05, 3.63) is 0 Å². The fraction of sp³-hybridized carbons (Fsp3) is 0.929. The van der Waals surface area contributed by atoms with Crippen LogP contribution in [0.5, 0.6) is 0 Å². The van der Waals surface area contributed by atoms with Gasteiger partial charge in [0.25, 0.3) is 0 Å². The first-order valence-corrected chi connectivity index (χ1v) is 6.82. The molecule has 1 heterocycles. The molecule has 1 unspecified atom stereocenters. The molecule has 1 aliphatic heterocycles. The molecule has 1 N–H and O–H groups in total. The van der Waals surface area contributed by atoms with Gasteiger partial charge in [-0.15, -0.1) is 0 Å². The molecule has 100 valence electrons. The highest BCUT2D eigenvalue weighted by molar-refractivity contribution is 5.76. The van der Waals surface area contributed by atoms with Crippen molar-refractivity contribution in [1.82, 2.24) is 10.2 Å². The highest BCUT2D eigenvalue weighted by Crippen LogP contribution is 2.33. The quantitative estimate of drug-likeness (QED) is 0.817. The van der Waals surface area contributed by atoms with Gasteiger partial charge in [0, 0.05) is 32.1 Å². The molecule has 0 bridgehead atoms. The first-order chi connectivity index (χ1) is 7.80. The van der Waals surface area contributed by atoms with Gasteiger partial charge < -0.3 is 10.2 Å². The van der Waals surface area contributed by atoms with Crippen molar-refractivity contribution in [1.29, 1.82) is 0 Å². The smallest absolute Gasteiger partial charge is 0.223 e. The van der Waals surface area contributed by atoms with Gasteiger partial charge in [-0.1, -0.05) is 34.6 Å². The Hall–Kier alpha value is -0.570.